The average molecular weight is 349 g/mol. The van der Waals surface area contributed by atoms with Gasteiger partial charge in [0.25, 0.3) is 0 Å². The Morgan fingerprint density at radius 2 is 2.00 bits per heavy atom. The predicted octanol–water partition coefficient (Wildman–Crippen LogP) is 3.08. The summed E-state index contributed by atoms with van der Waals surface area (Å²) in [6, 6.07) is 0.416. The minimum absolute atomic E-state index is 0.309. The molecule has 142 valence electrons. The normalized spacial score (nSPS) is 15.8. The molecule has 0 saturated carbocycles. The highest BCUT2D eigenvalue weighted by molar-refractivity contribution is 5.77. The maximum absolute atomic E-state index is 12.9. The van der Waals surface area contributed by atoms with Gasteiger partial charge in [-0.25, -0.2) is 0 Å². The molecule has 0 unspecified atom stereocenters. The monoisotopic (exact) mass is 348 g/mol. The summed E-state index contributed by atoms with van der Waals surface area (Å²) in [7, 11) is 0. The molecule has 1 fully saturated rings. The maximum atomic E-state index is 12.9. The molecule has 2 rings (SSSR count). The Kier molecular flexibility index (Phi) is 7.48. The van der Waals surface area contributed by atoms with Crippen molar-refractivity contribution in [3.05, 3.63) is 17.0 Å². The molecule has 1 aliphatic rings. The van der Waals surface area contributed by atoms with E-state index in [1.807, 2.05) is 0 Å². The zero-order chi connectivity index (χ0) is 18.4. The Bertz CT molecular complexity index is 558. The fraction of sp³-hybridized carbons (Fsp3) is 0.800. The number of amides is 1. The van der Waals surface area contributed by atoms with Crippen LogP contribution in [0.3, 0.4) is 0 Å². The molecular weight excluding hydrogens is 312 g/mol. The van der Waals surface area contributed by atoms with E-state index in [0.717, 1.165) is 57.6 Å². The van der Waals surface area contributed by atoms with Crippen LogP contribution in [-0.4, -0.2) is 46.3 Å². The molecule has 2 heterocycles. The Hall–Kier alpha value is -1.36. The molecule has 1 aromatic heterocycles. The second-order valence-electron chi connectivity index (χ2n) is 7.79. The van der Waals surface area contributed by atoms with Gasteiger partial charge in [0, 0.05) is 31.2 Å². The third-order valence-electron chi connectivity index (χ3n) is 5.19. The third kappa shape index (κ3) is 5.30. The van der Waals surface area contributed by atoms with E-state index in [1.165, 1.54) is 11.3 Å². The summed E-state index contributed by atoms with van der Waals surface area (Å²) < 4.78 is 2.11. The number of piperidine rings is 1. The molecule has 25 heavy (non-hydrogen) atoms. The minimum Gasteiger partial charge on any atom is -0.340 e. The molecule has 0 bridgehead atoms. The highest BCUT2D eigenvalue weighted by Gasteiger charge is 2.25. The van der Waals surface area contributed by atoms with Gasteiger partial charge in [0.2, 0.25) is 5.91 Å². The van der Waals surface area contributed by atoms with Crippen LogP contribution >= 0.6 is 0 Å². The Labute approximate surface area is 153 Å². The number of carbonyl (C=O) groups excluding carboxylic acids is 1. The van der Waals surface area contributed by atoms with Gasteiger partial charge >= 0.3 is 0 Å². The first-order valence-corrected chi connectivity index (χ1v) is 9.97. The Morgan fingerprint density at radius 1 is 1.32 bits per heavy atom. The van der Waals surface area contributed by atoms with Crippen LogP contribution in [0.4, 0.5) is 0 Å². The summed E-state index contributed by atoms with van der Waals surface area (Å²) in [5, 5.41) is 8.08. The van der Waals surface area contributed by atoms with Crippen LogP contribution in [0.2, 0.25) is 0 Å². The highest BCUT2D eigenvalue weighted by atomic mass is 16.2. The van der Waals surface area contributed by atoms with Crippen LogP contribution < -0.4 is 5.32 Å². The van der Waals surface area contributed by atoms with Crippen molar-refractivity contribution in [3.8, 4) is 0 Å². The standard InChI is InChI=1S/C20H36N4O/c1-6-13-23(18-9-11-21-12-10-18)20(25)8-7-19-16(4)22-24(17(19)5)14-15(2)3/h15,18,21H,6-14H2,1-5H3. The molecule has 5 nitrogen and oxygen atoms in total. The molecule has 1 amide bonds. The lowest BCUT2D eigenvalue weighted by atomic mass is 10.0. The fourth-order valence-corrected chi connectivity index (χ4v) is 3.87. The van der Waals surface area contributed by atoms with Gasteiger partial charge in [-0.05, 0) is 64.1 Å². The average Bonchev–Trinajstić information content (AvgIpc) is 2.84. The summed E-state index contributed by atoms with van der Waals surface area (Å²) in [6.07, 6.45) is 4.59. The quantitative estimate of drug-likeness (QED) is 0.785. The van der Waals surface area contributed by atoms with Crippen LogP contribution in [0.25, 0.3) is 0 Å². The highest BCUT2D eigenvalue weighted by Crippen LogP contribution is 2.19. The Balaban J connectivity index is 2.01. The summed E-state index contributed by atoms with van der Waals surface area (Å²) in [5.74, 6) is 0.886. The number of nitrogens with one attached hydrogen (secondary N) is 1. The van der Waals surface area contributed by atoms with Crippen LogP contribution in [0.15, 0.2) is 0 Å². The lowest BCUT2D eigenvalue weighted by molar-refractivity contribution is -0.134. The maximum Gasteiger partial charge on any atom is 0.223 e. The van der Waals surface area contributed by atoms with Gasteiger partial charge in [0.1, 0.15) is 0 Å². The van der Waals surface area contributed by atoms with E-state index in [-0.39, 0.29) is 0 Å². The molecule has 1 aliphatic heterocycles. The first kappa shape index (κ1) is 20.0. The predicted molar refractivity (Wildman–Crippen MR) is 103 cm³/mol. The van der Waals surface area contributed by atoms with Crippen molar-refractivity contribution in [2.24, 2.45) is 5.92 Å². The van der Waals surface area contributed by atoms with Crippen LogP contribution in [-0.2, 0) is 17.8 Å². The van der Waals surface area contributed by atoms with Crippen molar-refractivity contribution in [2.45, 2.75) is 79.3 Å². The third-order valence-corrected chi connectivity index (χ3v) is 5.19. The molecule has 1 aromatic rings. The Morgan fingerprint density at radius 3 is 2.60 bits per heavy atom. The van der Waals surface area contributed by atoms with Gasteiger partial charge in [0.15, 0.2) is 0 Å². The first-order chi connectivity index (χ1) is 11.9. The number of aryl methyl sites for hydroxylation is 1. The molecule has 1 N–H and O–H groups in total. The molecular formula is C20H36N4O. The van der Waals surface area contributed by atoms with E-state index in [9.17, 15) is 4.79 Å². The van der Waals surface area contributed by atoms with Crippen molar-refractivity contribution in [1.82, 2.24) is 20.0 Å². The topological polar surface area (TPSA) is 50.2 Å². The van der Waals surface area contributed by atoms with E-state index < -0.39 is 0 Å². The minimum atomic E-state index is 0.309. The van der Waals surface area contributed by atoms with Crippen LogP contribution in [0, 0.1) is 19.8 Å². The fourth-order valence-electron chi connectivity index (χ4n) is 3.87. The molecule has 0 aliphatic carbocycles. The van der Waals surface area contributed by atoms with E-state index in [0.29, 0.717) is 24.3 Å². The number of carbonyl (C=O) groups is 1. The lowest BCUT2D eigenvalue weighted by Gasteiger charge is -2.34. The van der Waals surface area contributed by atoms with Crippen LogP contribution in [0.1, 0.15) is 63.4 Å². The van der Waals surface area contributed by atoms with Gasteiger partial charge in [-0.2, -0.15) is 5.10 Å². The van der Waals surface area contributed by atoms with E-state index >= 15 is 0 Å². The summed E-state index contributed by atoms with van der Waals surface area (Å²) in [4.78, 5) is 15.0. The number of hydrogen-bond acceptors (Lipinski definition) is 3. The van der Waals surface area contributed by atoms with Gasteiger partial charge < -0.3 is 10.2 Å². The van der Waals surface area contributed by atoms with Crippen molar-refractivity contribution >= 4 is 5.91 Å². The van der Waals surface area contributed by atoms with Crippen molar-refractivity contribution < 1.29 is 4.79 Å². The summed E-state index contributed by atoms with van der Waals surface area (Å²) >= 11 is 0. The molecule has 0 aromatic carbocycles. The number of hydrogen-bond donors (Lipinski definition) is 1. The molecule has 0 atom stereocenters. The molecule has 5 heteroatoms. The van der Waals surface area contributed by atoms with E-state index in [4.69, 9.17) is 0 Å². The second-order valence-corrected chi connectivity index (χ2v) is 7.79. The lowest BCUT2D eigenvalue weighted by Crippen LogP contribution is -2.46. The van der Waals surface area contributed by atoms with Gasteiger partial charge in [-0.1, -0.05) is 20.8 Å². The van der Waals surface area contributed by atoms with Crippen LogP contribution in [0.5, 0.6) is 0 Å². The zero-order valence-corrected chi connectivity index (χ0v) is 16.8. The number of aromatic nitrogens is 2. The molecule has 1 saturated heterocycles. The second kappa shape index (κ2) is 9.37. The van der Waals surface area contributed by atoms with Crippen molar-refractivity contribution in [3.63, 3.8) is 0 Å². The number of rotatable bonds is 8. The first-order valence-electron chi connectivity index (χ1n) is 9.97. The molecule has 0 spiro atoms. The van der Waals surface area contributed by atoms with E-state index in [2.05, 4.69) is 54.6 Å². The van der Waals surface area contributed by atoms with Gasteiger partial charge in [-0.3, -0.25) is 9.48 Å². The smallest absolute Gasteiger partial charge is 0.223 e. The largest absolute Gasteiger partial charge is 0.340 e. The van der Waals surface area contributed by atoms with Gasteiger partial charge in [-0.15, -0.1) is 0 Å². The number of nitrogens with zero attached hydrogens (tertiary/aromatic N) is 3. The van der Waals surface area contributed by atoms with E-state index in [1.54, 1.807) is 0 Å². The molecule has 0 radical (unpaired) electrons. The van der Waals surface area contributed by atoms with Crippen molar-refractivity contribution in [1.29, 1.82) is 0 Å². The zero-order valence-electron chi connectivity index (χ0n) is 16.8. The summed E-state index contributed by atoms with van der Waals surface area (Å²) in [5.41, 5.74) is 3.56. The van der Waals surface area contributed by atoms with Crippen molar-refractivity contribution in [2.75, 3.05) is 19.6 Å². The SMILES string of the molecule is CCCN(C(=O)CCc1c(C)nn(CC(C)C)c1C)C1CCNCC1. The van der Waals surface area contributed by atoms with Gasteiger partial charge in [0.05, 0.1) is 5.69 Å². The summed E-state index contributed by atoms with van der Waals surface area (Å²) in [6.45, 7) is 14.7.